The predicted octanol–water partition coefficient (Wildman–Crippen LogP) is 2.84. The molecule has 1 aliphatic heterocycles. The van der Waals surface area contributed by atoms with E-state index in [1.54, 1.807) is 0 Å². The largest absolute Gasteiger partial charge is 0.450 e. The Labute approximate surface area is 191 Å². The van der Waals surface area contributed by atoms with E-state index in [1.165, 1.54) is 11.3 Å². The molecule has 1 aromatic carbocycles. The Morgan fingerprint density at radius 1 is 1.28 bits per heavy atom. The third kappa shape index (κ3) is 6.94. The smallest absolute Gasteiger partial charge is 0.407 e. The zero-order valence-electron chi connectivity index (χ0n) is 17.7. The van der Waals surface area contributed by atoms with E-state index in [9.17, 15) is 4.79 Å². The molecule has 1 aliphatic carbocycles. The van der Waals surface area contributed by atoms with Gasteiger partial charge in [-0.2, -0.15) is 0 Å². The third-order valence-corrected chi connectivity index (χ3v) is 5.41. The average molecular weight is 515 g/mol. The number of rotatable bonds is 6. The van der Waals surface area contributed by atoms with E-state index in [2.05, 4.69) is 56.6 Å². The van der Waals surface area contributed by atoms with Crippen LogP contribution < -0.4 is 15.5 Å². The number of aryl methyl sites for hydroxylation is 1. The fourth-order valence-corrected chi connectivity index (χ4v) is 3.69. The van der Waals surface area contributed by atoms with Gasteiger partial charge in [0.1, 0.15) is 0 Å². The van der Waals surface area contributed by atoms with Crippen molar-refractivity contribution in [1.82, 2.24) is 15.5 Å². The summed E-state index contributed by atoms with van der Waals surface area (Å²) in [6.45, 7) is 8.81. The van der Waals surface area contributed by atoms with Crippen molar-refractivity contribution in [2.75, 3.05) is 51.3 Å². The summed E-state index contributed by atoms with van der Waals surface area (Å²) >= 11 is 0. The molecule has 7 nitrogen and oxygen atoms in total. The normalized spacial score (nSPS) is 18.0. The Hall–Kier alpha value is -1.71. The number of hydrogen-bond donors (Lipinski definition) is 2. The number of aliphatic imine (C=N–C) groups is 1. The van der Waals surface area contributed by atoms with Gasteiger partial charge in [0.25, 0.3) is 0 Å². The van der Waals surface area contributed by atoms with Crippen LogP contribution in [0.25, 0.3) is 0 Å². The molecule has 1 saturated heterocycles. The number of nitrogens with zero attached hydrogens (tertiary/aromatic N) is 3. The number of hydrogen-bond acceptors (Lipinski definition) is 4. The van der Waals surface area contributed by atoms with Crippen LogP contribution in [0.1, 0.15) is 25.3 Å². The van der Waals surface area contributed by atoms with Gasteiger partial charge in [0.15, 0.2) is 5.96 Å². The van der Waals surface area contributed by atoms with Crippen LogP contribution in [-0.2, 0) is 4.74 Å². The minimum Gasteiger partial charge on any atom is -0.450 e. The topological polar surface area (TPSA) is 69.2 Å². The molecular formula is C21H34IN5O2. The van der Waals surface area contributed by atoms with Crippen molar-refractivity contribution in [3.63, 3.8) is 0 Å². The number of guanidine groups is 1. The van der Waals surface area contributed by atoms with Gasteiger partial charge in [-0.3, -0.25) is 4.99 Å². The van der Waals surface area contributed by atoms with Crippen LogP contribution >= 0.6 is 24.0 Å². The molecular weight excluding hydrogens is 481 g/mol. The summed E-state index contributed by atoms with van der Waals surface area (Å²) in [5.74, 6) is 1.44. The van der Waals surface area contributed by atoms with Crippen LogP contribution in [-0.4, -0.2) is 69.4 Å². The molecule has 0 bridgehead atoms. The number of halogens is 1. The molecule has 1 amide bonds. The number of alkyl carbamates (subject to hydrolysis) is 1. The van der Waals surface area contributed by atoms with Crippen molar-refractivity contribution in [2.45, 2.75) is 32.7 Å². The Balaban J connectivity index is 0.00000300. The lowest BCUT2D eigenvalue weighted by atomic mass is 10.2. The molecule has 1 heterocycles. The van der Waals surface area contributed by atoms with E-state index < -0.39 is 0 Å². The van der Waals surface area contributed by atoms with Crippen LogP contribution in [0.3, 0.4) is 0 Å². The summed E-state index contributed by atoms with van der Waals surface area (Å²) < 4.78 is 5.04. The van der Waals surface area contributed by atoms with Gasteiger partial charge in [-0.25, -0.2) is 4.79 Å². The Morgan fingerprint density at radius 2 is 2.00 bits per heavy atom. The van der Waals surface area contributed by atoms with E-state index in [0.717, 1.165) is 45.0 Å². The second-order valence-electron chi connectivity index (χ2n) is 7.55. The molecule has 2 aliphatic rings. The standard InChI is InChI=1S/C21H33N5O2.HI/c1-4-28-21(27)24-19(17-8-9-17)15-23-20(22-3)26-12-10-25(11-13-26)18-7-5-6-16(2)14-18;/h5-7,14,17,19H,4,8-13,15H2,1-3H3,(H,22,23)(H,24,27);1H. The van der Waals surface area contributed by atoms with Crippen molar-refractivity contribution in [1.29, 1.82) is 0 Å². The van der Waals surface area contributed by atoms with Gasteiger partial charge in [0, 0.05) is 45.5 Å². The summed E-state index contributed by atoms with van der Waals surface area (Å²) in [5, 5.41) is 6.45. The zero-order chi connectivity index (χ0) is 19.9. The lowest BCUT2D eigenvalue weighted by molar-refractivity contribution is 0.146. The van der Waals surface area contributed by atoms with Gasteiger partial charge in [0.2, 0.25) is 0 Å². The number of amides is 1. The number of carbonyl (C=O) groups excluding carboxylic acids is 1. The number of nitrogens with one attached hydrogen (secondary N) is 2. The number of anilines is 1. The number of benzene rings is 1. The van der Waals surface area contributed by atoms with Crippen molar-refractivity contribution < 1.29 is 9.53 Å². The molecule has 162 valence electrons. The average Bonchev–Trinajstić information content (AvgIpc) is 3.53. The zero-order valence-corrected chi connectivity index (χ0v) is 20.0. The first-order valence-corrected chi connectivity index (χ1v) is 10.3. The summed E-state index contributed by atoms with van der Waals surface area (Å²) in [6.07, 6.45) is 1.99. The maximum atomic E-state index is 11.8. The van der Waals surface area contributed by atoms with E-state index in [4.69, 9.17) is 4.74 Å². The second-order valence-corrected chi connectivity index (χ2v) is 7.55. The molecule has 1 unspecified atom stereocenters. The molecule has 1 saturated carbocycles. The van der Waals surface area contributed by atoms with Crippen LogP contribution in [0.4, 0.5) is 10.5 Å². The molecule has 8 heteroatoms. The van der Waals surface area contributed by atoms with Gasteiger partial charge in [-0.05, 0) is 50.3 Å². The highest BCUT2D eigenvalue weighted by Gasteiger charge is 2.33. The highest BCUT2D eigenvalue weighted by molar-refractivity contribution is 14.0. The van der Waals surface area contributed by atoms with Gasteiger partial charge >= 0.3 is 6.09 Å². The van der Waals surface area contributed by atoms with Crippen LogP contribution in [0.15, 0.2) is 29.3 Å². The Bertz CT molecular complexity index is 687. The molecule has 1 aromatic rings. The monoisotopic (exact) mass is 515 g/mol. The summed E-state index contributed by atoms with van der Waals surface area (Å²) in [4.78, 5) is 21.0. The first-order chi connectivity index (χ1) is 13.6. The highest BCUT2D eigenvalue weighted by Crippen LogP contribution is 2.32. The number of piperazine rings is 1. The first-order valence-electron chi connectivity index (χ1n) is 10.3. The van der Waals surface area contributed by atoms with Crippen LogP contribution in [0.5, 0.6) is 0 Å². The molecule has 29 heavy (non-hydrogen) atoms. The molecule has 0 radical (unpaired) electrons. The molecule has 2 N–H and O–H groups in total. The van der Waals surface area contributed by atoms with Crippen LogP contribution in [0.2, 0.25) is 0 Å². The number of carbonyl (C=O) groups is 1. The van der Waals surface area contributed by atoms with E-state index >= 15 is 0 Å². The van der Waals surface area contributed by atoms with E-state index in [0.29, 0.717) is 19.1 Å². The van der Waals surface area contributed by atoms with Crippen molar-refractivity contribution in [3.8, 4) is 0 Å². The molecule has 0 aromatic heterocycles. The minimum absolute atomic E-state index is 0. The van der Waals surface area contributed by atoms with Gasteiger partial charge in [0.05, 0.1) is 12.6 Å². The second kappa shape index (κ2) is 11.5. The molecule has 3 rings (SSSR count). The minimum atomic E-state index is -0.331. The van der Waals surface area contributed by atoms with Gasteiger partial charge < -0.3 is 25.2 Å². The maximum absolute atomic E-state index is 11.8. The van der Waals surface area contributed by atoms with Crippen LogP contribution in [0, 0.1) is 12.8 Å². The Morgan fingerprint density at radius 3 is 2.59 bits per heavy atom. The SMILES string of the molecule is CCOC(=O)NC(CNC(=NC)N1CCN(c2cccc(C)c2)CC1)C1CC1.I. The van der Waals surface area contributed by atoms with E-state index in [-0.39, 0.29) is 36.1 Å². The fourth-order valence-electron chi connectivity index (χ4n) is 3.69. The lowest BCUT2D eigenvalue weighted by Crippen LogP contribution is -2.54. The summed E-state index contributed by atoms with van der Waals surface area (Å²) in [7, 11) is 1.82. The van der Waals surface area contributed by atoms with Gasteiger partial charge in [-0.15, -0.1) is 24.0 Å². The molecule has 0 spiro atoms. The quantitative estimate of drug-likeness (QED) is 0.347. The summed E-state index contributed by atoms with van der Waals surface area (Å²) in [5.41, 5.74) is 2.58. The fraction of sp³-hybridized carbons (Fsp3) is 0.619. The molecule has 1 atom stereocenters. The lowest BCUT2D eigenvalue weighted by Gasteiger charge is -2.38. The third-order valence-electron chi connectivity index (χ3n) is 5.41. The van der Waals surface area contributed by atoms with E-state index in [1.807, 2.05) is 14.0 Å². The first kappa shape index (κ1) is 23.6. The van der Waals surface area contributed by atoms with Gasteiger partial charge in [-0.1, -0.05) is 12.1 Å². The highest BCUT2D eigenvalue weighted by atomic mass is 127. The summed E-state index contributed by atoms with van der Waals surface area (Å²) in [6, 6.07) is 8.75. The number of ether oxygens (including phenoxy) is 1. The molecule has 2 fully saturated rings. The van der Waals surface area contributed by atoms with Crippen molar-refractivity contribution in [3.05, 3.63) is 29.8 Å². The maximum Gasteiger partial charge on any atom is 0.407 e. The predicted molar refractivity (Wildman–Crippen MR) is 128 cm³/mol. The Kier molecular flexibility index (Phi) is 9.32. The van der Waals surface area contributed by atoms with Crippen molar-refractivity contribution in [2.24, 2.45) is 10.9 Å². The van der Waals surface area contributed by atoms with Crippen molar-refractivity contribution >= 4 is 41.7 Å².